The Balaban J connectivity index is 2.19. The standard InChI is InChI=1S/C15H26BrN3O/c1-11-5-4-6-12(9-11)14(17-2)15-13(16)10-18-19(15)7-8-20-3/h10-12,14,17H,4-9H2,1-3H3. The first-order valence-electron chi connectivity index (χ1n) is 7.54. The molecule has 3 unspecified atom stereocenters. The number of aromatic nitrogens is 2. The number of ether oxygens (including phenoxy) is 1. The number of hydrogen-bond acceptors (Lipinski definition) is 3. The fraction of sp³-hybridized carbons (Fsp3) is 0.800. The predicted molar refractivity (Wildman–Crippen MR) is 84.7 cm³/mol. The number of nitrogens with zero attached hydrogens (tertiary/aromatic N) is 2. The largest absolute Gasteiger partial charge is 0.383 e. The second kappa shape index (κ2) is 7.57. The molecule has 20 heavy (non-hydrogen) atoms. The zero-order chi connectivity index (χ0) is 14.5. The highest BCUT2D eigenvalue weighted by atomic mass is 79.9. The van der Waals surface area contributed by atoms with Gasteiger partial charge in [0.15, 0.2) is 0 Å². The maximum Gasteiger partial charge on any atom is 0.0699 e. The molecule has 0 saturated heterocycles. The molecule has 1 heterocycles. The van der Waals surface area contributed by atoms with Crippen molar-refractivity contribution in [3.8, 4) is 0 Å². The number of methoxy groups -OCH3 is 1. The molecule has 1 aliphatic carbocycles. The zero-order valence-electron chi connectivity index (χ0n) is 12.7. The lowest BCUT2D eigenvalue weighted by Crippen LogP contribution is -2.31. The molecule has 1 aromatic rings. The average Bonchev–Trinajstić information content (AvgIpc) is 2.79. The maximum absolute atomic E-state index is 5.19. The third-order valence-electron chi connectivity index (χ3n) is 4.39. The van der Waals surface area contributed by atoms with Crippen LogP contribution in [-0.2, 0) is 11.3 Å². The molecule has 4 nitrogen and oxygen atoms in total. The van der Waals surface area contributed by atoms with Crippen molar-refractivity contribution in [2.45, 2.75) is 45.2 Å². The highest BCUT2D eigenvalue weighted by Crippen LogP contribution is 2.38. The Hall–Kier alpha value is -0.390. The van der Waals surface area contributed by atoms with Crippen LogP contribution in [0.4, 0.5) is 0 Å². The average molecular weight is 344 g/mol. The summed E-state index contributed by atoms with van der Waals surface area (Å²) in [6.07, 6.45) is 7.22. The summed E-state index contributed by atoms with van der Waals surface area (Å²) >= 11 is 3.67. The molecule has 3 atom stereocenters. The minimum Gasteiger partial charge on any atom is -0.383 e. The van der Waals surface area contributed by atoms with Gasteiger partial charge in [-0.2, -0.15) is 5.10 Å². The highest BCUT2D eigenvalue weighted by molar-refractivity contribution is 9.10. The molecule has 0 bridgehead atoms. The van der Waals surface area contributed by atoms with Gasteiger partial charge in [-0.15, -0.1) is 0 Å². The van der Waals surface area contributed by atoms with Gasteiger partial charge in [0.05, 0.1) is 35.6 Å². The monoisotopic (exact) mass is 343 g/mol. The summed E-state index contributed by atoms with van der Waals surface area (Å²) in [5.41, 5.74) is 1.27. The van der Waals surface area contributed by atoms with Gasteiger partial charge in [-0.1, -0.05) is 19.8 Å². The highest BCUT2D eigenvalue weighted by Gasteiger charge is 2.30. The van der Waals surface area contributed by atoms with Gasteiger partial charge in [-0.05, 0) is 47.7 Å². The van der Waals surface area contributed by atoms with Crippen molar-refractivity contribution in [3.63, 3.8) is 0 Å². The molecular formula is C15H26BrN3O. The molecule has 114 valence electrons. The van der Waals surface area contributed by atoms with Crippen molar-refractivity contribution < 1.29 is 4.74 Å². The van der Waals surface area contributed by atoms with Crippen molar-refractivity contribution in [2.75, 3.05) is 20.8 Å². The van der Waals surface area contributed by atoms with Gasteiger partial charge in [0.1, 0.15) is 0 Å². The molecule has 2 rings (SSSR count). The Morgan fingerprint density at radius 1 is 1.55 bits per heavy atom. The second-order valence-electron chi connectivity index (χ2n) is 5.89. The first kappa shape index (κ1) is 16.0. The number of halogens is 1. The molecule has 0 aliphatic heterocycles. The molecule has 0 spiro atoms. The molecule has 1 saturated carbocycles. The van der Waals surface area contributed by atoms with Crippen molar-refractivity contribution in [1.82, 2.24) is 15.1 Å². The van der Waals surface area contributed by atoms with E-state index in [1.165, 1.54) is 31.4 Å². The van der Waals surface area contributed by atoms with Crippen LogP contribution in [-0.4, -0.2) is 30.5 Å². The minimum absolute atomic E-state index is 0.367. The van der Waals surface area contributed by atoms with E-state index in [1.807, 2.05) is 6.20 Å². The van der Waals surface area contributed by atoms with Crippen molar-refractivity contribution in [2.24, 2.45) is 11.8 Å². The van der Waals surface area contributed by atoms with Crippen LogP contribution in [0.5, 0.6) is 0 Å². The van der Waals surface area contributed by atoms with Crippen LogP contribution in [0.3, 0.4) is 0 Å². The van der Waals surface area contributed by atoms with E-state index in [-0.39, 0.29) is 0 Å². The second-order valence-corrected chi connectivity index (χ2v) is 6.75. The summed E-state index contributed by atoms with van der Waals surface area (Å²) in [5, 5.41) is 8.01. The van der Waals surface area contributed by atoms with Gasteiger partial charge >= 0.3 is 0 Å². The molecule has 0 aromatic carbocycles. The lowest BCUT2D eigenvalue weighted by atomic mass is 9.77. The van der Waals surface area contributed by atoms with E-state index in [9.17, 15) is 0 Å². The Kier molecular flexibility index (Phi) is 6.05. The molecule has 1 fully saturated rings. The van der Waals surface area contributed by atoms with Crippen LogP contribution in [0.25, 0.3) is 0 Å². The van der Waals surface area contributed by atoms with Crippen LogP contribution in [0.1, 0.15) is 44.3 Å². The van der Waals surface area contributed by atoms with Crippen LogP contribution in [0.15, 0.2) is 10.7 Å². The molecule has 1 aliphatic rings. The molecule has 5 heteroatoms. The van der Waals surface area contributed by atoms with Gasteiger partial charge in [0.2, 0.25) is 0 Å². The van der Waals surface area contributed by atoms with E-state index in [2.05, 4.69) is 45.0 Å². The third-order valence-corrected chi connectivity index (χ3v) is 5.01. The van der Waals surface area contributed by atoms with E-state index >= 15 is 0 Å². The summed E-state index contributed by atoms with van der Waals surface area (Å²) in [6.45, 7) is 3.87. The molecule has 0 radical (unpaired) electrons. The maximum atomic E-state index is 5.19. The van der Waals surface area contributed by atoms with E-state index in [0.717, 1.165) is 16.9 Å². The van der Waals surface area contributed by atoms with Crippen molar-refractivity contribution in [1.29, 1.82) is 0 Å². The summed E-state index contributed by atoms with van der Waals surface area (Å²) in [5.74, 6) is 1.52. The predicted octanol–water partition coefficient (Wildman–Crippen LogP) is 3.38. The van der Waals surface area contributed by atoms with Crippen LogP contribution >= 0.6 is 15.9 Å². The molecule has 1 aromatic heterocycles. The number of nitrogens with one attached hydrogen (secondary N) is 1. The van der Waals surface area contributed by atoms with E-state index in [4.69, 9.17) is 4.74 Å². The zero-order valence-corrected chi connectivity index (χ0v) is 14.3. The topological polar surface area (TPSA) is 39.1 Å². The third kappa shape index (κ3) is 3.62. The Bertz CT molecular complexity index is 421. The van der Waals surface area contributed by atoms with E-state index in [0.29, 0.717) is 18.6 Å². The van der Waals surface area contributed by atoms with E-state index in [1.54, 1.807) is 7.11 Å². The fourth-order valence-corrected chi connectivity index (χ4v) is 3.96. The van der Waals surface area contributed by atoms with Gasteiger partial charge in [-0.25, -0.2) is 0 Å². The quantitative estimate of drug-likeness (QED) is 0.860. The minimum atomic E-state index is 0.367. The van der Waals surface area contributed by atoms with Gasteiger partial charge < -0.3 is 10.1 Å². The Morgan fingerprint density at radius 2 is 2.35 bits per heavy atom. The Morgan fingerprint density at radius 3 is 3.00 bits per heavy atom. The normalized spacial score (nSPS) is 24.8. The summed E-state index contributed by atoms with van der Waals surface area (Å²) in [4.78, 5) is 0. The van der Waals surface area contributed by atoms with Crippen molar-refractivity contribution in [3.05, 3.63) is 16.4 Å². The first-order valence-corrected chi connectivity index (χ1v) is 8.34. The number of rotatable bonds is 6. The van der Waals surface area contributed by atoms with Crippen LogP contribution in [0, 0.1) is 11.8 Å². The lowest BCUT2D eigenvalue weighted by molar-refractivity contribution is 0.177. The summed E-state index contributed by atoms with van der Waals surface area (Å²) in [6, 6.07) is 0.367. The van der Waals surface area contributed by atoms with Crippen LogP contribution < -0.4 is 5.32 Å². The van der Waals surface area contributed by atoms with Gasteiger partial charge in [0.25, 0.3) is 0 Å². The molecule has 0 amide bonds. The van der Waals surface area contributed by atoms with Gasteiger partial charge in [0, 0.05) is 7.11 Å². The molecular weight excluding hydrogens is 318 g/mol. The SMILES string of the molecule is CNC(c1c(Br)cnn1CCOC)C1CCCC(C)C1. The smallest absolute Gasteiger partial charge is 0.0699 e. The van der Waals surface area contributed by atoms with Crippen LogP contribution in [0.2, 0.25) is 0 Å². The lowest BCUT2D eigenvalue weighted by Gasteiger charge is -2.33. The van der Waals surface area contributed by atoms with E-state index < -0.39 is 0 Å². The summed E-state index contributed by atoms with van der Waals surface area (Å²) < 4.78 is 8.37. The first-order chi connectivity index (χ1) is 9.67. The fourth-order valence-electron chi connectivity index (χ4n) is 3.42. The van der Waals surface area contributed by atoms with Crippen molar-refractivity contribution >= 4 is 15.9 Å². The molecule has 1 N–H and O–H groups in total. The Labute approximate surface area is 130 Å². The summed E-state index contributed by atoms with van der Waals surface area (Å²) in [7, 11) is 3.79. The number of hydrogen-bond donors (Lipinski definition) is 1. The van der Waals surface area contributed by atoms with Gasteiger partial charge in [-0.3, -0.25) is 4.68 Å².